The van der Waals surface area contributed by atoms with Crippen LogP contribution in [0.5, 0.6) is 0 Å². The zero-order chi connectivity index (χ0) is 16.4. The van der Waals surface area contributed by atoms with Crippen LogP contribution in [0.3, 0.4) is 0 Å². The molecule has 0 bridgehead atoms. The van der Waals surface area contributed by atoms with Crippen molar-refractivity contribution >= 4 is 29.3 Å². The second-order valence-electron chi connectivity index (χ2n) is 6.24. The Hall–Kier alpha value is -1.36. The minimum absolute atomic E-state index is 0.287. The molecule has 1 aromatic heterocycles. The van der Waals surface area contributed by atoms with Crippen molar-refractivity contribution < 1.29 is 5.11 Å². The van der Waals surface area contributed by atoms with E-state index < -0.39 is 11.0 Å². The Morgan fingerprint density at radius 3 is 2.36 bits per heavy atom. The minimum Gasteiger partial charge on any atom is -0.383 e. The van der Waals surface area contributed by atoms with Gasteiger partial charge < -0.3 is 5.11 Å². The second kappa shape index (κ2) is 6.41. The summed E-state index contributed by atoms with van der Waals surface area (Å²) in [4.78, 5) is 3.91. The van der Waals surface area contributed by atoms with E-state index >= 15 is 0 Å². The molecule has 118 valence electrons. The molecule has 0 amide bonds. The highest BCUT2D eigenvalue weighted by molar-refractivity contribution is 6.37. The van der Waals surface area contributed by atoms with Gasteiger partial charge in [-0.1, -0.05) is 62.2 Å². The molecule has 0 saturated carbocycles. The summed E-state index contributed by atoms with van der Waals surface area (Å²) < 4.78 is 1.60. The molecule has 1 unspecified atom stereocenters. The van der Waals surface area contributed by atoms with Gasteiger partial charge in [0.05, 0.1) is 6.54 Å². The van der Waals surface area contributed by atoms with E-state index in [0.717, 1.165) is 0 Å². The molecular weight excluding hydrogens is 321 g/mol. The summed E-state index contributed by atoms with van der Waals surface area (Å²) in [6, 6.07) is 5.31. The summed E-state index contributed by atoms with van der Waals surface area (Å²) in [5, 5.41) is 16.3. The van der Waals surface area contributed by atoms with Gasteiger partial charge in [0.1, 0.15) is 18.3 Å². The third-order valence-corrected chi connectivity index (χ3v) is 4.35. The van der Waals surface area contributed by atoms with Crippen LogP contribution in [0.15, 0.2) is 36.9 Å². The molecule has 0 spiro atoms. The molecule has 2 aromatic rings. The molecule has 2 rings (SSSR count). The highest BCUT2D eigenvalue weighted by Gasteiger charge is 2.38. The summed E-state index contributed by atoms with van der Waals surface area (Å²) in [6.07, 6.45) is 6.50. The number of aromatic nitrogens is 3. The van der Waals surface area contributed by atoms with Crippen molar-refractivity contribution in [2.24, 2.45) is 5.41 Å². The summed E-state index contributed by atoms with van der Waals surface area (Å²) in [6.45, 7) is 6.17. The largest absolute Gasteiger partial charge is 0.383 e. The fourth-order valence-electron chi connectivity index (χ4n) is 1.99. The van der Waals surface area contributed by atoms with Crippen LogP contribution in [-0.4, -0.2) is 25.5 Å². The second-order valence-corrected chi connectivity index (χ2v) is 7.05. The lowest BCUT2D eigenvalue weighted by Crippen LogP contribution is -2.44. The summed E-state index contributed by atoms with van der Waals surface area (Å²) in [5.41, 5.74) is -0.862. The van der Waals surface area contributed by atoms with Crippen molar-refractivity contribution in [1.29, 1.82) is 0 Å². The van der Waals surface area contributed by atoms with Crippen molar-refractivity contribution in [2.75, 3.05) is 0 Å². The van der Waals surface area contributed by atoms with Gasteiger partial charge in [0.15, 0.2) is 0 Å². The van der Waals surface area contributed by atoms with Gasteiger partial charge in [0, 0.05) is 15.6 Å². The van der Waals surface area contributed by atoms with Gasteiger partial charge in [-0.25, -0.2) is 9.67 Å². The molecule has 1 N–H and O–H groups in total. The quantitative estimate of drug-likeness (QED) is 0.913. The maximum Gasteiger partial charge on any atom is 0.137 e. The highest BCUT2D eigenvalue weighted by Crippen LogP contribution is 2.35. The Balaban J connectivity index is 2.37. The molecule has 22 heavy (non-hydrogen) atoms. The Morgan fingerprint density at radius 1 is 1.23 bits per heavy atom. The molecule has 0 fully saturated rings. The van der Waals surface area contributed by atoms with E-state index in [-0.39, 0.29) is 6.54 Å². The zero-order valence-electron chi connectivity index (χ0n) is 12.8. The van der Waals surface area contributed by atoms with E-state index in [0.29, 0.717) is 15.6 Å². The fourth-order valence-corrected chi connectivity index (χ4v) is 2.52. The predicted octanol–water partition coefficient (Wildman–Crippen LogP) is 4.08. The van der Waals surface area contributed by atoms with Crippen LogP contribution in [0.25, 0.3) is 6.08 Å². The van der Waals surface area contributed by atoms with Crippen molar-refractivity contribution in [3.63, 3.8) is 0 Å². The minimum atomic E-state index is -1.14. The van der Waals surface area contributed by atoms with E-state index in [1.165, 1.54) is 6.33 Å². The standard InChI is InChI=1S/C16H19Cl2N3O/c1-15(2,3)16(22,9-21-11-19-10-20-21)8-7-12-13(17)5-4-6-14(12)18/h4-8,10-11,22H,9H2,1-3H3. The third-order valence-electron chi connectivity index (χ3n) is 3.69. The summed E-state index contributed by atoms with van der Waals surface area (Å²) in [7, 11) is 0. The van der Waals surface area contributed by atoms with Crippen molar-refractivity contribution in [2.45, 2.75) is 32.9 Å². The first-order chi connectivity index (χ1) is 10.2. The molecule has 0 aliphatic carbocycles. The third kappa shape index (κ3) is 3.69. The smallest absolute Gasteiger partial charge is 0.137 e. The first-order valence-corrected chi connectivity index (χ1v) is 7.66. The lowest BCUT2D eigenvalue weighted by atomic mass is 9.76. The fraction of sp³-hybridized carbons (Fsp3) is 0.375. The molecule has 0 aliphatic rings. The molecule has 1 heterocycles. The van der Waals surface area contributed by atoms with Crippen LogP contribution in [0.2, 0.25) is 10.0 Å². The van der Waals surface area contributed by atoms with Crippen LogP contribution in [-0.2, 0) is 6.54 Å². The summed E-state index contributed by atoms with van der Waals surface area (Å²) in [5.74, 6) is 0. The molecule has 4 nitrogen and oxygen atoms in total. The van der Waals surface area contributed by atoms with Crippen LogP contribution in [0.4, 0.5) is 0 Å². The Labute approximate surface area is 140 Å². The maximum absolute atomic E-state index is 11.1. The highest BCUT2D eigenvalue weighted by atomic mass is 35.5. The Bertz CT molecular complexity index is 642. The van der Waals surface area contributed by atoms with Crippen molar-refractivity contribution in [3.05, 3.63) is 52.5 Å². The van der Waals surface area contributed by atoms with E-state index in [2.05, 4.69) is 10.1 Å². The monoisotopic (exact) mass is 339 g/mol. The van der Waals surface area contributed by atoms with Crippen LogP contribution >= 0.6 is 23.2 Å². The Morgan fingerprint density at radius 2 is 1.86 bits per heavy atom. The first kappa shape index (κ1) is 17.0. The van der Waals surface area contributed by atoms with Gasteiger partial charge in [0.2, 0.25) is 0 Å². The predicted molar refractivity (Wildman–Crippen MR) is 89.9 cm³/mol. The van der Waals surface area contributed by atoms with Gasteiger partial charge in [0.25, 0.3) is 0 Å². The van der Waals surface area contributed by atoms with E-state index in [9.17, 15) is 5.11 Å². The van der Waals surface area contributed by atoms with E-state index in [1.54, 1.807) is 41.4 Å². The van der Waals surface area contributed by atoms with E-state index in [1.807, 2.05) is 20.8 Å². The van der Waals surface area contributed by atoms with Crippen molar-refractivity contribution in [3.8, 4) is 0 Å². The number of aliphatic hydroxyl groups is 1. The number of hydrogen-bond acceptors (Lipinski definition) is 3. The van der Waals surface area contributed by atoms with Gasteiger partial charge in [-0.15, -0.1) is 0 Å². The van der Waals surface area contributed by atoms with E-state index in [4.69, 9.17) is 23.2 Å². The topological polar surface area (TPSA) is 50.9 Å². The normalized spacial score (nSPS) is 15.2. The molecule has 6 heteroatoms. The van der Waals surface area contributed by atoms with Crippen LogP contribution in [0.1, 0.15) is 26.3 Å². The molecule has 0 radical (unpaired) electrons. The molecule has 0 aliphatic heterocycles. The average molecular weight is 340 g/mol. The van der Waals surface area contributed by atoms with Gasteiger partial charge in [-0.2, -0.15) is 5.10 Å². The molecular formula is C16H19Cl2N3O. The van der Waals surface area contributed by atoms with Gasteiger partial charge in [-0.3, -0.25) is 0 Å². The number of nitrogens with zero attached hydrogens (tertiary/aromatic N) is 3. The number of hydrogen-bond donors (Lipinski definition) is 1. The molecule has 0 saturated heterocycles. The lowest BCUT2D eigenvalue weighted by Gasteiger charge is -2.37. The average Bonchev–Trinajstić information content (AvgIpc) is 2.89. The van der Waals surface area contributed by atoms with Gasteiger partial charge in [-0.05, 0) is 17.5 Å². The lowest BCUT2D eigenvalue weighted by molar-refractivity contribution is -0.0297. The van der Waals surface area contributed by atoms with Crippen molar-refractivity contribution in [1.82, 2.24) is 14.8 Å². The maximum atomic E-state index is 11.1. The number of benzene rings is 1. The number of rotatable bonds is 4. The molecule has 1 atom stereocenters. The first-order valence-electron chi connectivity index (χ1n) is 6.91. The zero-order valence-corrected chi connectivity index (χ0v) is 14.3. The SMILES string of the molecule is CC(C)(C)C(O)(C=Cc1c(Cl)cccc1Cl)Cn1cncn1. The van der Waals surface area contributed by atoms with Crippen LogP contribution < -0.4 is 0 Å². The van der Waals surface area contributed by atoms with Crippen LogP contribution in [0, 0.1) is 5.41 Å². The number of halogens is 2. The molecule has 1 aromatic carbocycles. The Kier molecular flexibility index (Phi) is 4.95. The van der Waals surface area contributed by atoms with Gasteiger partial charge >= 0.3 is 0 Å². The summed E-state index contributed by atoms with van der Waals surface area (Å²) >= 11 is 12.3.